The zero-order valence-electron chi connectivity index (χ0n) is 19.0. The molecule has 1 fully saturated rings. The molecule has 35 heavy (non-hydrogen) atoms. The maximum atomic E-state index is 14.6. The minimum atomic E-state index is -3.25. The zero-order valence-corrected chi connectivity index (χ0v) is 19.8. The predicted molar refractivity (Wildman–Crippen MR) is 132 cm³/mol. The molecule has 0 aliphatic heterocycles. The first-order valence-corrected chi connectivity index (χ1v) is 13.0. The van der Waals surface area contributed by atoms with Crippen LogP contribution in [0.4, 0.5) is 4.39 Å². The van der Waals surface area contributed by atoms with Gasteiger partial charge in [0.2, 0.25) is 5.95 Å². The molecule has 5 aromatic rings. The van der Waals surface area contributed by atoms with Gasteiger partial charge in [0.15, 0.2) is 9.84 Å². The summed E-state index contributed by atoms with van der Waals surface area (Å²) in [6.45, 7) is 0. The van der Waals surface area contributed by atoms with Crippen LogP contribution in [0.3, 0.4) is 0 Å². The highest BCUT2D eigenvalue weighted by Gasteiger charge is 2.35. The van der Waals surface area contributed by atoms with Crippen molar-refractivity contribution < 1.29 is 12.8 Å². The standard InChI is InChI=1S/C26H22FN5O2S/c1-31-14-21(12-29-31)18-4-7-25-24(13-30-32(25)15-18)20-10-17(16-35(33,34)22-5-6-22)9-19(11-20)23-3-2-8-28-26(23)27/h2-4,7-15,22H,5-6,16H2,1H3. The second-order valence-corrected chi connectivity index (χ2v) is 11.3. The first-order valence-electron chi connectivity index (χ1n) is 11.3. The van der Waals surface area contributed by atoms with Gasteiger partial charge in [0.25, 0.3) is 0 Å². The molecule has 1 saturated carbocycles. The van der Waals surface area contributed by atoms with Crippen molar-refractivity contribution in [1.82, 2.24) is 24.4 Å². The van der Waals surface area contributed by atoms with Gasteiger partial charge in [0.1, 0.15) is 0 Å². The van der Waals surface area contributed by atoms with E-state index in [1.54, 1.807) is 39.8 Å². The van der Waals surface area contributed by atoms with E-state index in [4.69, 9.17) is 0 Å². The number of pyridine rings is 2. The SMILES string of the molecule is Cn1cc(-c2ccc3c(-c4cc(CS(=O)(=O)C5CC5)cc(-c5cccnc5F)c4)cnn3c2)cn1. The molecule has 6 rings (SSSR count). The van der Waals surface area contributed by atoms with Crippen molar-refractivity contribution >= 4 is 15.4 Å². The molecule has 4 aromatic heterocycles. The third-order valence-electron chi connectivity index (χ3n) is 6.33. The second-order valence-electron chi connectivity index (χ2n) is 8.98. The van der Waals surface area contributed by atoms with E-state index >= 15 is 0 Å². The fourth-order valence-corrected chi connectivity index (χ4v) is 6.13. The molecule has 0 radical (unpaired) electrons. The lowest BCUT2D eigenvalue weighted by atomic mass is 9.97. The van der Waals surface area contributed by atoms with Crippen LogP contribution in [0.2, 0.25) is 0 Å². The van der Waals surface area contributed by atoms with E-state index in [1.165, 1.54) is 6.20 Å². The van der Waals surface area contributed by atoms with Crippen molar-refractivity contribution in [3.63, 3.8) is 0 Å². The number of benzene rings is 1. The van der Waals surface area contributed by atoms with Crippen LogP contribution in [0, 0.1) is 5.95 Å². The Labute approximate surface area is 201 Å². The molecule has 9 heteroatoms. The summed E-state index contributed by atoms with van der Waals surface area (Å²) in [7, 11) is -1.38. The molecule has 0 amide bonds. The number of sulfone groups is 1. The van der Waals surface area contributed by atoms with Gasteiger partial charge in [0, 0.05) is 47.9 Å². The van der Waals surface area contributed by atoms with E-state index in [1.807, 2.05) is 43.7 Å². The van der Waals surface area contributed by atoms with Crippen molar-refractivity contribution in [2.75, 3.05) is 0 Å². The second kappa shape index (κ2) is 8.13. The van der Waals surface area contributed by atoms with E-state index in [0.29, 0.717) is 29.5 Å². The lowest BCUT2D eigenvalue weighted by Crippen LogP contribution is -2.10. The summed E-state index contributed by atoms with van der Waals surface area (Å²) in [5, 5.41) is 8.49. The maximum Gasteiger partial charge on any atom is 0.220 e. The number of hydrogen-bond donors (Lipinski definition) is 0. The van der Waals surface area contributed by atoms with Gasteiger partial charge in [-0.1, -0.05) is 6.07 Å². The minimum absolute atomic E-state index is 0.0786. The highest BCUT2D eigenvalue weighted by Crippen LogP contribution is 2.35. The highest BCUT2D eigenvalue weighted by molar-refractivity contribution is 7.91. The Morgan fingerprint density at radius 2 is 1.74 bits per heavy atom. The fourth-order valence-electron chi connectivity index (χ4n) is 4.41. The number of hydrogen-bond acceptors (Lipinski definition) is 5. The summed E-state index contributed by atoms with van der Waals surface area (Å²) in [4.78, 5) is 3.77. The molecule has 0 atom stereocenters. The van der Waals surface area contributed by atoms with Crippen molar-refractivity contribution in [3.05, 3.63) is 85.0 Å². The van der Waals surface area contributed by atoms with Gasteiger partial charge in [-0.3, -0.25) is 4.68 Å². The summed E-state index contributed by atoms with van der Waals surface area (Å²) in [5.41, 5.74) is 5.96. The summed E-state index contributed by atoms with van der Waals surface area (Å²) < 4.78 is 43.6. The van der Waals surface area contributed by atoms with Crippen LogP contribution in [0.25, 0.3) is 38.9 Å². The molecule has 1 aromatic carbocycles. The molecular formula is C26H22FN5O2S. The topological polar surface area (TPSA) is 82.1 Å². The van der Waals surface area contributed by atoms with E-state index in [0.717, 1.165) is 27.8 Å². The van der Waals surface area contributed by atoms with Crippen molar-refractivity contribution in [2.24, 2.45) is 7.05 Å². The van der Waals surface area contributed by atoms with Crippen LogP contribution >= 0.6 is 0 Å². The molecular weight excluding hydrogens is 465 g/mol. The van der Waals surface area contributed by atoms with Crippen LogP contribution in [0.15, 0.2) is 73.4 Å². The number of fused-ring (bicyclic) bond motifs is 1. The van der Waals surface area contributed by atoms with Gasteiger partial charge >= 0.3 is 0 Å². The molecule has 176 valence electrons. The van der Waals surface area contributed by atoms with Crippen molar-refractivity contribution in [2.45, 2.75) is 23.8 Å². The normalized spacial score (nSPS) is 14.0. The number of nitrogens with zero attached hydrogens (tertiary/aromatic N) is 5. The van der Waals surface area contributed by atoms with Crippen LogP contribution in [-0.4, -0.2) is 38.0 Å². The first-order chi connectivity index (χ1) is 16.9. The Balaban J connectivity index is 1.47. The fraction of sp³-hybridized carbons (Fsp3) is 0.192. The Morgan fingerprint density at radius 1 is 0.943 bits per heavy atom. The summed E-state index contributed by atoms with van der Waals surface area (Å²) in [6, 6.07) is 12.8. The Hall–Kier alpha value is -3.85. The van der Waals surface area contributed by atoms with E-state index in [2.05, 4.69) is 15.2 Å². The Morgan fingerprint density at radius 3 is 2.46 bits per heavy atom. The zero-order chi connectivity index (χ0) is 24.2. The monoisotopic (exact) mass is 487 g/mol. The molecule has 0 unspecified atom stereocenters. The molecule has 1 aliphatic rings. The third-order valence-corrected chi connectivity index (χ3v) is 8.55. The highest BCUT2D eigenvalue weighted by atomic mass is 32.2. The van der Waals surface area contributed by atoms with Crippen LogP contribution in [-0.2, 0) is 22.6 Å². The van der Waals surface area contributed by atoms with Crippen LogP contribution in [0.1, 0.15) is 18.4 Å². The van der Waals surface area contributed by atoms with E-state index in [9.17, 15) is 12.8 Å². The molecule has 0 saturated heterocycles. The van der Waals surface area contributed by atoms with E-state index in [-0.39, 0.29) is 11.0 Å². The molecule has 1 aliphatic carbocycles. The number of rotatable bonds is 6. The number of halogens is 1. The van der Waals surface area contributed by atoms with Gasteiger partial charge in [0.05, 0.1) is 28.9 Å². The van der Waals surface area contributed by atoms with Crippen molar-refractivity contribution in [3.8, 4) is 33.4 Å². The lowest BCUT2D eigenvalue weighted by molar-refractivity contribution is 0.587. The van der Waals surface area contributed by atoms with Gasteiger partial charge in [-0.2, -0.15) is 14.6 Å². The number of aryl methyl sites for hydroxylation is 1. The Kier molecular flexibility index (Phi) is 5.03. The quantitative estimate of drug-likeness (QED) is 0.325. The molecule has 0 bridgehead atoms. The largest absolute Gasteiger partial charge is 0.275 e. The average molecular weight is 488 g/mol. The summed E-state index contributed by atoms with van der Waals surface area (Å²) in [5.74, 6) is -0.674. The van der Waals surface area contributed by atoms with Gasteiger partial charge < -0.3 is 0 Å². The van der Waals surface area contributed by atoms with Crippen LogP contribution < -0.4 is 0 Å². The molecule has 0 spiro atoms. The Bertz CT molecular complexity index is 1690. The average Bonchev–Trinajstić information content (AvgIpc) is 3.49. The maximum absolute atomic E-state index is 14.6. The van der Waals surface area contributed by atoms with Gasteiger partial charge in [-0.05, 0) is 65.9 Å². The van der Waals surface area contributed by atoms with E-state index < -0.39 is 15.8 Å². The van der Waals surface area contributed by atoms with Crippen LogP contribution in [0.5, 0.6) is 0 Å². The van der Waals surface area contributed by atoms with Gasteiger partial charge in [-0.25, -0.2) is 17.9 Å². The molecule has 0 N–H and O–H groups in total. The summed E-state index contributed by atoms with van der Waals surface area (Å²) >= 11 is 0. The molecule has 4 heterocycles. The minimum Gasteiger partial charge on any atom is -0.275 e. The predicted octanol–water partition coefficient (Wildman–Crippen LogP) is 4.68. The number of aromatic nitrogens is 5. The smallest absolute Gasteiger partial charge is 0.220 e. The first kappa shape index (κ1) is 21.7. The van der Waals surface area contributed by atoms with Gasteiger partial charge in [-0.15, -0.1) is 0 Å². The molecule has 7 nitrogen and oxygen atoms in total. The third kappa shape index (κ3) is 4.12. The van der Waals surface area contributed by atoms with Crippen molar-refractivity contribution in [1.29, 1.82) is 0 Å². The summed E-state index contributed by atoms with van der Waals surface area (Å²) in [6.07, 6.45) is 10.2. The lowest BCUT2D eigenvalue weighted by Gasteiger charge is -2.11.